The fourth-order valence-electron chi connectivity index (χ4n) is 2.56. The zero-order valence-corrected chi connectivity index (χ0v) is 11.6. The summed E-state index contributed by atoms with van der Waals surface area (Å²) in [5.74, 6) is 0.328. The van der Waals surface area contributed by atoms with Gasteiger partial charge in [-0.1, -0.05) is 30.7 Å². The summed E-state index contributed by atoms with van der Waals surface area (Å²) in [7, 11) is 0. The molecule has 0 bridgehead atoms. The third kappa shape index (κ3) is 3.33. The maximum Gasteiger partial charge on any atom is 0.141 e. The van der Waals surface area contributed by atoms with Crippen molar-refractivity contribution in [2.45, 2.75) is 32.1 Å². The summed E-state index contributed by atoms with van der Waals surface area (Å²) in [6, 6.07) is 7.71. The molecule has 1 unspecified atom stereocenters. The van der Waals surface area contributed by atoms with Crippen LogP contribution in [0, 0.1) is 0 Å². The van der Waals surface area contributed by atoms with Crippen LogP contribution in [-0.2, 0) is 4.79 Å². The zero-order chi connectivity index (χ0) is 13.0. The summed E-state index contributed by atoms with van der Waals surface area (Å²) in [6.07, 6.45) is 3.11. The van der Waals surface area contributed by atoms with Gasteiger partial charge in [0.25, 0.3) is 0 Å². The standard InChI is InChI=1S/C15H20ClNO/c1-2-15(18)14(11-17-9-3-4-10-17)12-5-7-13(16)8-6-12/h5-8,14H,2-4,9-11H2,1H3. The first-order chi connectivity index (χ1) is 8.70. The van der Waals surface area contributed by atoms with Crippen molar-refractivity contribution in [1.29, 1.82) is 0 Å². The van der Waals surface area contributed by atoms with Gasteiger partial charge < -0.3 is 4.90 Å². The van der Waals surface area contributed by atoms with Crippen LogP contribution in [0.1, 0.15) is 37.7 Å². The maximum absolute atomic E-state index is 12.1. The van der Waals surface area contributed by atoms with E-state index in [1.807, 2.05) is 31.2 Å². The summed E-state index contributed by atoms with van der Waals surface area (Å²) in [6.45, 7) is 5.05. The number of halogens is 1. The SMILES string of the molecule is CCC(=O)C(CN1CCCC1)c1ccc(Cl)cc1. The first-order valence-electron chi connectivity index (χ1n) is 6.71. The molecule has 1 heterocycles. The highest BCUT2D eigenvalue weighted by atomic mass is 35.5. The van der Waals surface area contributed by atoms with Crippen LogP contribution in [-0.4, -0.2) is 30.3 Å². The molecule has 0 aliphatic carbocycles. The van der Waals surface area contributed by atoms with Crippen molar-refractivity contribution in [1.82, 2.24) is 4.90 Å². The molecule has 0 aromatic heterocycles. The molecule has 2 nitrogen and oxygen atoms in total. The van der Waals surface area contributed by atoms with E-state index < -0.39 is 0 Å². The van der Waals surface area contributed by atoms with Gasteiger partial charge in [-0.15, -0.1) is 0 Å². The van der Waals surface area contributed by atoms with Crippen molar-refractivity contribution >= 4 is 17.4 Å². The third-order valence-electron chi connectivity index (χ3n) is 3.65. The Balaban J connectivity index is 2.13. The number of carbonyl (C=O) groups is 1. The first kappa shape index (κ1) is 13.6. The van der Waals surface area contributed by atoms with E-state index in [0.717, 1.165) is 30.2 Å². The second-order valence-electron chi connectivity index (χ2n) is 4.93. The molecule has 0 saturated carbocycles. The Morgan fingerprint density at radius 1 is 1.28 bits per heavy atom. The monoisotopic (exact) mass is 265 g/mol. The van der Waals surface area contributed by atoms with Crippen LogP contribution in [0.5, 0.6) is 0 Å². The lowest BCUT2D eigenvalue weighted by atomic mass is 9.93. The normalized spacial score (nSPS) is 17.9. The predicted octanol–water partition coefficient (Wildman–Crippen LogP) is 3.50. The van der Waals surface area contributed by atoms with Gasteiger partial charge in [-0.2, -0.15) is 0 Å². The minimum Gasteiger partial charge on any atom is -0.302 e. The fourth-order valence-corrected chi connectivity index (χ4v) is 2.68. The lowest BCUT2D eigenvalue weighted by molar-refractivity contribution is -0.120. The molecule has 0 amide bonds. The van der Waals surface area contributed by atoms with Crippen LogP contribution < -0.4 is 0 Å². The Morgan fingerprint density at radius 3 is 2.44 bits per heavy atom. The van der Waals surface area contributed by atoms with Gasteiger partial charge in [0.15, 0.2) is 0 Å². The van der Waals surface area contributed by atoms with E-state index in [1.54, 1.807) is 0 Å². The van der Waals surface area contributed by atoms with E-state index in [2.05, 4.69) is 4.90 Å². The van der Waals surface area contributed by atoms with Gasteiger partial charge in [0.1, 0.15) is 5.78 Å². The third-order valence-corrected chi connectivity index (χ3v) is 3.90. The lowest BCUT2D eigenvalue weighted by Crippen LogP contribution is -2.29. The highest BCUT2D eigenvalue weighted by Gasteiger charge is 2.23. The van der Waals surface area contributed by atoms with Gasteiger partial charge in [0, 0.05) is 18.0 Å². The van der Waals surface area contributed by atoms with Crippen LogP contribution >= 0.6 is 11.6 Å². The lowest BCUT2D eigenvalue weighted by Gasteiger charge is -2.22. The van der Waals surface area contributed by atoms with Crippen LogP contribution in [0.25, 0.3) is 0 Å². The molecule has 1 saturated heterocycles. The van der Waals surface area contributed by atoms with Crippen molar-refractivity contribution in [2.75, 3.05) is 19.6 Å². The zero-order valence-electron chi connectivity index (χ0n) is 10.9. The highest BCUT2D eigenvalue weighted by Crippen LogP contribution is 2.23. The molecule has 1 aliphatic heterocycles. The number of hydrogen-bond acceptors (Lipinski definition) is 2. The van der Waals surface area contributed by atoms with E-state index in [9.17, 15) is 4.79 Å². The minimum absolute atomic E-state index is 0.00497. The second-order valence-corrected chi connectivity index (χ2v) is 5.37. The van der Waals surface area contributed by atoms with Gasteiger partial charge in [-0.25, -0.2) is 0 Å². The second kappa shape index (κ2) is 6.35. The molecule has 2 rings (SSSR count). The minimum atomic E-state index is 0.00497. The van der Waals surface area contributed by atoms with Gasteiger partial charge >= 0.3 is 0 Å². The number of benzene rings is 1. The van der Waals surface area contributed by atoms with Gasteiger partial charge in [-0.3, -0.25) is 4.79 Å². The van der Waals surface area contributed by atoms with Crippen molar-refractivity contribution < 1.29 is 4.79 Å². The molecular weight excluding hydrogens is 246 g/mol. The summed E-state index contributed by atoms with van der Waals surface area (Å²) >= 11 is 5.90. The van der Waals surface area contributed by atoms with E-state index >= 15 is 0 Å². The van der Waals surface area contributed by atoms with Crippen LogP contribution in [0.4, 0.5) is 0 Å². The van der Waals surface area contributed by atoms with Gasteiger partial charge in [0.2, 0.25) is 0 Å². The Hall–Kier alpha value is -0.860. The molecule has 1 fully saturated rings. The predicted molar refractivity (Wildman–Crippen MR) is 75.2 cm³/mol. The molecule has 0 radical (unpaired) electrons. The molecule has 98 valence electrons. The van der Waals surface area contributed by atoms with Crippen LogP contribution in [0.2, 0.25) is 5.02 Å². The van der Waals surface area contributed by atoms with E-state index in [0.29, 0.717) is 12.2 Å². The topological polar surface area (TPSA) is 20.3 Å². The molecule has 3 heteroatoms. The number of ketones is 1. The maximum atomic E-state index is 12.1. The Labute approximate surface area is 114 Å². The smallest absolute Gasteiger partial charge is 0.141 e. The molecule has 1 aromatic rings. The van der Waals surface area contributed by atoms with E-state index in [-0.39, 0.29) is 5.92 Å². The number of Topliss-reactive ketones (excluding diaryl/α,β-unsaturated/α-hetero) is 1. The molecule has 0 N–H and O–H groups in total. The molecule has 18 heavy (non-hydrogen) atoms. The fraction of sp³-hybridized carbons (Fsp3) is 0.533. The Bertz CT molecular complexity index is 395. The number of carbonyl (C=O) groups excluding carboxylic acids is 1. The molecule has 1 aromatic carbocycles. The Morgan fingerprint density at radius 2 is 1.89 bits per heavy atom. The van der Waals surface area contributed by atoms with Gasteiger partial charge in [-0.05, 0) is 43.6 Å². The highest BCUT2D eigenvalue weighted by molar-refractivity contribution is 6.30. The van der Waals surface area contributed by atoms with Crippen molar-refractivity contribution in [3.8, 4) is 0 Å². The average molecular weight is 266 g/mol. The van der Waals surface area contributed by atoms with Crippen molar-refractivity contribution in [3.05, 3.63) is 34.9 Å². The number of rotatable bonds is 5. The quantitative estimate of drug-likeness (QED) is 0.812. The number of likely N-dealkylation sites (tertiary alicyclic amines) is 1. The summed E-state index contributed by atoms with van der Waals surface area (Å²) in [5.41, 5.74) is 1.10. The summed E-state index contributed by atoms with van der Waals surface area (Å²) in [5, 5.41) is 0.725. The van der Waals surface area contributed by atoms with E-state index in [1.165, 1.54) is 12.8 Å². The van der Waals surface area contributed by atoms with Crippen LogP contribution in [0.15, 0.2) is 24.3 Å². The molecular formula is C15H20ClNO. The Kier molecular flexibility index (Phi) is 4.79. The first-order valence-corrected chi connectivity index (χ1v) is 7.09. The average Bonchev–Trinajstić information content (AvgIpc) is 2.89. The molecule has 1 aliphatic rings. The summed E-state index contributed by atoms with van der Waals surface area (Å²) < 4.78 is 0. The summed E-state index contributed by atoms with van der Waals surface area (Å²) in [4.78, 5) is 14.5. The largest absolute Gasteiger partial charge is 0.302 e. The van der Waals surface area contributed by atoms with Crippen molar-refractivity contribution in [2.24, 2.45) is 0 Å². The number of hydrogen-bond donors (Lipinski definition) is 0. The number of nitrogens with zero attached hydrogens (tertiary/aromatic N) is 1. The van der Waals surface area contributed by atoms with Gasteiger partial charge in [0.05, 0.1) is 5.92 Å². The molecule has 1 atom stereocenters. The van der Waals surface area contributed by atoms with E-state index in [4.69, 9.17) is 11.6 Å². The van der Waals surface area contributed by atoms with Crippen molar-refractivity contribution in [3.63, 3.8) is 0 Å². The van der Waals surface area contributed by atoms with Crippen LogP contribution in [0.3, 0.4) is 0 Å². The molecule has 0 spiro atoms.